The summed E-state index contributed by atoms with van der Waals surface area (Å²) in [5.41, 5.74) is 0.919. The lowest BCUT2D eigenvalue weighted by Gasteiger charge is -2.24. The van der Waals surface area contributed by atoms with Gasteiger partial charge in [0.1, 0.15) is 5.82 Å². The Morgan fingerprint density at radius 3 is 2.53 bits per heavy atom. The topological polar surface area (TPSA) is 59.5 Å². The number of esters is 2. The number of aromatic nitrogens is 1. The fourth-order valence-corrected chi connectivity index (χ4v) is 2.01. The molecule has 1 fully saturated rings. The molecule has 1 aliphatic heterocycles. The van der Waals surface area contributed by atoms with E-state index in [1.165, 1.54) is 0 Å². The zero-order valence-electron chi connectivity index (χ0n) is 9.84. The van der Waals surface area contributed by atoms with Crippen LogP contribution in [0.1, 0.15) is 24.3 Å². The molecular weight excluding hydrogens is 220 g/mol. The first-order chi connectivity index (χ1) is 8.08. The summed E-state index contributed by atoms with van der Waals surface area (Å²) in [6.07, 6.45) is 2.17. The Bertz CT molecular complexity index is 441. The molecule has 0 spiro atoms. The number of hydrogen-bond donors (Lipinski definition) is 0. The second kappa shape index (κ2) is 4.53. The molecule has 0 unspecified atom stereocenters. The summed E-state index contributed by atoms with van der Waals surface area (Å²) >= 11 is 0. The molecule has 0 N–H and O–H groups in total. The molecule has 90 valence electrons. The molecule has 0 aliphatic carbocycles. The number of nitrogens with zero attached hydrogens (tertiary/aromatic N) is 2. The average molecular weight is 234 g/mol. The summed E-state index contributed by atoms with van der Waals surface area (Å²) < 4.78 is 4.53. The maximum Gasteiger partial charge on any atom is 0.314 e. The van der Waals surface area contributed by atoms with Crippen molar-refractivity contribution in [3.05, 3.63) is 23.9 Å². The summed E-state index contributed by atoms with van der Waals surface area (Å²) in [6, 6.07) is 3.71. The summed E-state index contributed by atoms with van der Waals surface area (Å²) in [5.74, 6) is -0.255. The van der Waals surface area contributed by atoms with E-state index in [2.05, 4.69) is 9.72 Å². The second-order valence-corrected chi connectivity index (χ2v) is 4.26. The van der Waals surface area contributed by atoms with Gasteiger partial charge in [0.25, 0.3) is 0 Å². The zero-order chi connectivity index (χ0) is 12.4. The van der Waals surface area contributed by atoms with Crippen molar-refractivity contribution in [3.8, 4) is 0 Å². The van der Waals surface area contributed by atoms with Crippen LogP contribution in [0.5, 0.6) is 0 Å². The largest absolute Gasteiger partial charge is 0.393 e. The minimum atomic E-state index is -0.459. The summed E-state index contributed by atoms with van der Waals surface area (Å²) in [5, 5.41) is 0. The van der Waals surface area contributed by atoms with E-state index in [1.54, 1.807) is 6.20 Å². The smallest absolute Gasteiger partial charge is 0.314 e. The van der Waals surface area contributed by atoms with Crippen molar-refractivity contribution in [3.63, 3.8) is 0 Å². The van der Waals surface area contributed by atoms with Gasteiger partial charge in [-0.1, -0.05) is 6.07 Å². The lowest BCUT2D eigenvalue weighted by atomic mass is 9.91. The number of cyclic esters (lactones) is 2. The van der Waals surface area contributed by atoms with Gasteiger partial charge in [0.2, 0.25) is 0 Å². The van der Waals surface area contributed by atoms with Crippen LogP contribution in [0.2, 0.25) is 0 Å². The molecule has 5 heteroatoms. The molecule has 1 saturated heterocycles. The SMILES string of the molecule is CN(C)c1ncccc1C1CC(=O)OC(=O)C1. The highest BCUT2D eigenvalue weighted by molar-refractivity contribution is 5.89. The first-order valence-electron chi connectivity index (χ1n) is 5.43. The molecule has 1 aliphatic rings. The van der Waals surface area contributed by atoms with Crippen molar-refractivity contribution in [2.45, 2.75) is 18.8 Å². The van der Waals surface area contributed by atoms with Crippen LogP contribution in [-0.2, 0) is 14.3 Å². The zero-order valence-corrected chi connectivity index (χ0v) is 9.84. The van der Waals surface area contributed by atoms with Crippen molar-refractivity contribution in [2.75, 3.05) is 19.0 Å². The van der Waals surface area contributed by atoms with E-state index in [0.29, 0.717) is 0 Å². The van der Waals surface area contributed by atoms with Crippen LogP contribution in [0.25, 0.3) is 0 Å². The van der Waals surface area contributed by atoms with Crippen molar-refractivity contribution >= 4 is 17.8 Å². The van der Waals surface area contributed by atoms with Crippen LogP contribution < -0.4 is 4.90 Å². The average Bonchev–Trinajstić information content (AvgIpc) is 2.27. The number of hydrogen-bond acceptors (Lipinski definition) is 5. The molecule has 0 amide bonds. The van der Waals surface area contributed by atoms with Gasteiger partial charge >= 0.3 is 11.9 Å². The molecule has 17 heavy (non-hydrogen) atoms. The van der Waals surface area contributed by atoms with Crippen molar-refractivity contribution < 1.29 is 14.3 Å². The Kier molecular flexibility index (Phi) is 3.08. The molecule has 2 heterocycles. The quantitative estimate of drug-likeness (QED) is 0.566. The monoisotopic (exact) mass is 234 g/mol. The normalized spacial score (nSPS) is 16.8. The number of carbonyl (C=O) groups is 2. The molecular formula is C12H14N2O3. The van der Waals surface area contributed by atoms with Crippen molar-refractivity contribution in [2.24, 2.45) is 0 Å². The van der Waals surface area contributed by atoms with E-state index in [-0.39, 0.29) is 18.8 Å². The van der Waals surface area contributed by atoms with Gasteiger partial charge in [-0.25, -0.2) is 4.98 Å². The molecule has 0 radical (unpaired) electrons. The van der Waals surface area contributed by atoms with E-state index in [1.807, 2.05) is 31.1 Å². The molecule has 2 rings (SSSR count). The molecule has 0 bridgehead atoms. The molecule has 1 aromatic heterocycles. The summed E-state index contributed by atoms with van der Waals surface area (Å²) in [4.78, 5) is 28.7. The van der Waals surface area contributed by atoms with Gasteiger partial charge < -0.3 is 9.64 Å². The lowest BCUT2D eigenvalue weighted by molar-refractivity contribution is -0.163. The van der Waals surface area contributed by atoms with Crippen LogP contribution in [0, 0.1) is 0 Å². The fraction of sp³-hybridized carbons (Fsp3) is 0.417. The Morgan fingerprint density at radius 2 is 1.94 bits per heavy atom. The van der Waals surface area contributed by atoms with E-state index >= 15 is 0 Å². The third-order valence-corrected chi connectivity index (χ3v) is 2.73. The van der Waals surface area contributed by atoms with Gasteiger partial charge in [-0.2, -0.15) is 0 Å². The third-order valence-electron chi connectivity index (χ3n) is 2.73. The number of ether oxygens (including phenoxy) is 1. The van der Waals surface area contributed by atoms with Gasteiger partial charge in [-0.3, -0.25) is 9.59 Å². The standard InChI is InChI=1S/C12H14N2O3/c1-14(2)12-9(4-3-5-13-12)8-6-10(15)17-11(16)7-8/h3-5,8H,6-7H2,1-2H3. The lowest BCUT2D eigenvalue weighted by Crippen LogP contribution is -2.25. The van der Waals surface area contributed by atoms with Gasteiger partial charge in [0.05, 0.1) is 12.8 Å². The highest BCUT2D eigenvalue weighted by atomic mass is 16.6. The van der Waals surface area contributed by atoms with Crippen LogP contribution in [0.15, 0.2) is 18.3 Å². The van der Waals surface area contributed by atoms with E-state index in [4.69, 9.17) is 0 Å². The maximum absolute atomic E-state index is 11.3. The van der Waals surface area contributed by atoms with Crippen molar-refractivity contribution in [1.82, 2.24) is 4.98 Å². The van der Waals surface area contributed by atoms with Gasteiger partial charge in [0, 0.05) is 26.2 Å². The minimum Gasteiger partial charge on any atom is -0.393 e. The Balaban J connectivity index is 2.33. The third kappa shape index (κ3) is 2.43. The van der Waals surface area contributed by atoms with E-state index in [0.717, 1.165) is 11.4 Å². The fourth-order valence-electron chi connectivity index (χ4n) is 2.01. The molecule has 0 aromatic carbocycles. The number of rotatable bonds is 2. The maximum atomic E-state index is 11.3. The summed E-state index contributed by atoms with van der Waals surface area (Å²) in [7, 11) is 3.77. The minimum absolute atomic E-state index is 0.130. The van der Waals surface area contributed by atoms with Gasteiger partial charge in [0.15, 0.2) is 0 Å². The Labute approximate surface area is 99.4 Å². The second-order valence-electron chi connectivity index (χ2n) is 4.26. The molecule has 1 aromatic rings. The summed E-state index contributed by atoms with van der Waals surface area (Å²) in [6.45, 7) is 0. The predicted octanol–water partition coefficient (Wildman–Crippen LogP) is 1.09. The number of carbonyl (C=O) groups excluding carboxylic acids is 2. The van der Waals surface area contributed by atoms with Crippen LogP contribution in [0.4, 0.5) is 5.82 Å². The van der Waals surface area contributed by atoms with Crippen LogP contribution in [0.3, 0.4) is 0 Å². The Morgan fingerprint density at radius 1 is 1.29 bits per heavy atom. The first-order valence-corrected chi connectivity index (χ1v) is 5.43. The predicted molar refractivity (Wildman–Crippen MR) is 61.6 cm³/mol. The number of pyridine rings is 1. The Hall–Kier alpha value is -1.91. The van der Waals surface area contributed by atoms with Crippen LogP contribution >= 0.6 is 0 Å². The van der Waals surface area contributed by atoms with E-state index in [9.17, 15) is 9.59 Å². The molecule has 0 atom stereocenters. The van der Waals surface area contributed by atoms with Crippen LogP contribution in [-0.4, -0.2) is 31.0 Å². The van der Waals surface area contributed by atoms with Gasteiger partial charge in [-0.15, -0.1) is 0 Å². The van der Waals surface area contributed by atoms with Gasteiger partial charge in [-0.05, 0) is 11.6 Å². The van der Waals surface area contributed by atoms with Crippen molar-refractivity contribution in [1.29, 1.82) is 0 Å². The highest BCUT2D eigenvalue weighted by Gasteiger charge is 2.30. The number of anilines is 1. The molecule has 5 nitrogen and oxygen atoms in total. The highest BCUT2D eigenvalue weighted by Crippen LogP contribution is 2.32. The van der Waals surface area contributed by atoms with E-state index < -0.39 is 11.9 Å². The first kappa shape index (κ1) is 11.6. The molecule has 0 saturated carbocycles.